The van der Waals surface area contributed by atoms with Crippen LogP contribution in [-0.4, -0.2) is 25.6 Å². The Bertz CT molecular complexity index is 93.8. The lowest BCUT2D eigenvalue weighted by Crippen LogP contribution is -3.00. The zero-order chi connectivity index (χ0) is 7.98. The standard InChI is InChI=1S/C5H11NO4/c1-9-5(7)3-4-6(8)10-2/h3-7H,1-2H3/b4-3+. The van der Waals surface area contributed by atoms with Gasteiger partial charge in [0.15, 0.2) is 6.29 Å². The van der Waals surface area contributed by atoms with Crippen molar-refractivity contribution in [2.24, 2.45) is 0 Å². The van der Waals surface area contributed by atoms with Crippen molar-refractivity contribution >= 4 is 0 Å². The fourth-order valence-corrected chi connectivity index (χ4v) is 0.307. The van der Waals surface area contributed by atoms with E-state index in [1.54, 1.807) is 0 Å². The topological polar surface area (TPSA) is 66.2 Å². The van der Waals surface area contributed by atoms with Crippen LogP contribution in [0.15, 0.2) is 12.3 Å². The summed E-state index contributed by atoms with van der Waals surface area (Å²) >= 11 is 0. The maximum atomic E-state index is 10.4. The molecule has 5 nitrogen and oxygen atoms in total. The largest absolute Gasteiger partial charge is 0.595 e. The molecule has 0 aromatic heterocycles. The number of methoxy groups -OCH3 is 1. The molecular weight excluding hydrogens is 138 g/mol. The molecule has 0 amide bonds. The molecule has 2 unspecified atom stereocenters. The van der Waals surface area contributed by atoms with Gasteiger partial charge in [-0.25, -0.2) is 4.84 Å². The Morgan fingerprint density at radius 2 is 2.20 bits per heavy atom. The molecule has 0 heterocycles. The van der Waals surface area contributed by atoms with Gasteiger partial charge in [-0.2, -0.15) is 5.23 Å². The Balaban J connectivity index is 3.52. The van der Waals surface area contributed by atoms with Gasteiger partial charge in [-0.1, -0.05) is 0 Å². The molecule has 0 spiro atoms. The van der Waals surface area contributed by atoms with E-state index in [0.717, 1.165) is 6.20 Å². The lowest BCUT2D eigenvalue weighted by atomic mass is 10.6. The summed E-state index contributed by atoms with van der Waals surface area (Å²) in [4.78, 5) is 4.25. The lowest BCUT2D eigenvalue weighted by Gasteiger charge is -2.11. The monoisotopic (exact) mass is 149 g/mol. The first kappa shape index (κ1) is 9.54. The van der Waals surface area contributed by atoms with E-state index < -0.39 is 11.5 Å². The summed E-state index contributed by atoms with van der Waals surface area (Å²) in [6.45, 7) is 0. The normalized spacial score (nSPS) is 17.6. The van der Waals surface area contributed by atoms with E-state index in [1.807, 2.05) is 0 Å². The molecule has 0 radical (unpaired) electrons. The van der Waals surface area contributed by atoms with Crippen molar-refractivity contribution in [3.63, 3.8) is 0 Å². The van der Waals surface area contributed by atoms with E-state index >= 15 is 0 Å². The van der Waals surface area contributed by atoms with Crippen LogP contribution < -0.4 is 5.23 Å². The minimum atomic E-state index is -1.04. The summed E-state index contributed by atoms with van der Waals surface area (Å²) in [5.41, 5.74) is 0. The summed E-state index contributed by atoms with van der Waals surface area (Å²) in [7, 11) is 2.58. The van der Waals surface area contributed by atoms with Crippen LogP contribution >= 0.6 is 0 Å². The van der Waals surface area contributed by atoms with Crippen molar-refractivity contribution in [3.05, 3.63) is 17.5 Å². The minimum Gasteiger partial charge on any atom is -0.595 e. The van der Waals surface area contributed by atoms with Crippen molar-refractivity contribution in [1.29, 1.82) is 0 Å². The Labute approximate surface area is 59.0 Å². The third kappa shape index (κ3) is 4.42. The third-order valence-corrected chi connectivity index (χ3v) is 0.840. The molecule has 2 N–H and O–H groups in total. The van der Waals surface area contributed by atoms with Crippen LogP contribution in [-0.2, 0) is 9.57 Å². The molecule has 0 aliphatic rings. The van der Waals surface area contributed by atoms with Gasteiger partial charge in [0.05, 0.1) is 7.11 Å². The van der Waals surface area contributed by atoms with E-state index in [4.69, 9.17) is 5.11 Å². The number of hydroxylamine groups is 2. The highest BCUT2D eigenvalue weighted by Gasteiger charge is 1.93. The number of ether oxygens (including phenoxy) is 1. The summed E-state index contributed by atoms with van der Waals surface area (Å²) in [5.74, 6) is 0. The summed E-state index contributed by atoms with van der Waals surface area (Å²) in [6.07, 6.45) is 1.24. The number of aliphatic hydroxyl groups is 1. The number of hydrogen-bond acceptors (Lipinski definition) is 4. The second-order valence-electron chi connectivity index (χ2n) is 1.51. The van der Waals surface area contributed by atoms with Gasteiger partial charge in [0.25, 0.3) is 0 Å². The molecule has 0 saturated heterocycles. The molecule has 10 heavy (non-hydrogen) atoms. The van der Waals surface area contributed by atoms with Crippen molar-refractivity contribution in [2.75, 3.05) is 14.2 Å². The second-order valence-corrected chi connectivity index (χ2v) is 1.51. The third-order valence-electron chi connectivity index (χ3n) is 0.840. The van der Waals surface area contributed by atoms with Crippen LogP contribution in [0.3, 0.4) is 0 Å². The number of nitrogens with one attached hydrogen (secondary N) is 1. The van der Waals surface area contributed by atoms with E-state index in [0.29, 0.717) is 0 Å². The van der Waals surface area contributed by atoms with Crippen LogP contribution in [0.25, 0.3) is 0 Å². The van der Waals surface area contributed by atoms with Gasteiger partial charge in [0, 0.05) is 13.2 Å². The SMILES string of the molecule is COC(O)/C=C/[NH+]([O-])OC. The first-order chi connectivity index (χ1) is 4.70. The quantitative estimate of drug-likeness (QED) is 0.373. The molecule has 2 atom stereocenters. The number of rotatable bonds is 4. The average Bonchev–Trinajstić information content (AvgIpc) is 1.99. The van der Waals surface area contributed by atoms with Crippen molar-refractivity contribution in [3.8, 4) is 0 Å². The molecule has 0 fully saturated rings. The van der Waals surface area contributed by atoms with Gasteiger partial charge >= 0.3 is 0 Å². The Kier molecular flexibility index (Phi) is 5.09. The second kappa shape index (κ2) is 5.33. The molecule has 0 aliphatic heterocycles. The van der Waals surface area contributed by atoms with Gasteiger partial charge in [-0.15, -0.1) is 0 Å². The van der Waals surface area contributed by atoms with Crippen LogP contribution in [0.5, 0.6) is 0 Å². The number of aliphatic hydroxyl groups excluding tert-OH is 1. The summed E-state index contributed by atoms with van der Waals surface area (Å²) in [5, 5.41) is 18.5. The average molecular weight is 149 g/mol. The summed E-state index contributed by atoms with van der Waals surface area (Å²) in [6, 6.07) is 0. The van der Waals surface area contributed by atoms with Crippen LogP contribution in [0.4, 0.5) is 0 Å². The highest BCUT2D eigenvalue weighted by Crippen LogP contribution is 1.81. The van der Waals surface area contributed by atoms with Gasteiger partial charge in [-0.05, 0) is 0 Å². The molecule has 0 saturated carbocycles. The zero-order valence-corrected chi connectivity index (χ0v) is 5.90. The van der Waals surface area contributed by atoms with Gasteiger partial charge in [-0.3, -0.25) is 0 Å². The predicted molar refractivity (Wildman–Crippen MR) is 33.5 cm³/mol. The molecule has 5 heteroatoms. The fraction of sp³-hybridized carbons (Fsp3) is 0.600. The zero-order valence-electron chi connectivity index (χ0n) is 5.90. The maximum Gasteiger partial charge on any atom is 0.179 e. The molecule has 0 aliphatic carbocycles. The molecular formula is C5H11NO4. The van der Waals surface area contributed by atoms with Gasteiger partial charge in [0.1, 0.15) is 6.20 Å². The highest BCUT2D eigenvalue weighted by molar-refractivity contribution is 4.74. The van der Waals surface area contributed by atoms with E-state index in [-0.39, 0.29) is 0 Å². The molecule has 0 aromatic carbocycles. The Morgan fingerprint density at radius 1 is 1.60 bits per heavy atom. The predicted octanol–water partition coefficient (Wildman–Crippen LogP) is -1.59. The molecule has 60 valence electrons. The Hall–Kier alpha value is -0.460. The van der Waals surface area contributed by atoms with Crippen LogP contribution in [0.2, 0.25) is 0 Å². The van der Waals surface area contributed by atoms with Crippen LogP contribution in [0, 0.1) is 5.21 Å². The van der Waals surface area contributed by atoms with Crippen molar-refractivity contribution in [2.45, 2.75) is 6.29 Å². The minimum absolute atomic E-state index is 0.517. The van der Waals surface area contributed by atoms with E-state index in [2.05, 4.69) is 9.57 Å². The van der Waals surface area contributed by atoms with Crippen LogP contribution in [0.1, 0.15) is 0 Å². The maximum absolute atomic E-state index is 10.4. The van der Waals surface area contributed by atoms with Gasteiger partial charge < -0.3 is 15.1 Å². The smallest absolute Gasteiger partial charge is 0.179 e. The van der Waals surface area contributed by atoms with E-state index in [9.17, 15) is 5.21 Å². The molecule has 0 aromatic rings. The van der Waals surface area contributed by atoms with Crippen molar-refractivity contribution in [1.82, 2.24) is 0 Å². The fourth-order valence-electron chi connectivity index (χ4n) is 0.307. The molecule has 0 rings (SSSR count). The van der Waals surface area contributed by atoms with E-state index in [1.165, 1.54) is 20.3 Å². The lowest BCUT2D eigenvalue weighted by molar-refractivity contribution is -1.00. The first-order valence-corrected chi connectivity index (χ1v) is 2.67. The van der Waals surface area contributed by atoms with Gasteiger partial charge in [0.2, 0.25) is 0 Å². The summed E-state index contributed by atoms with van der Waals surface area (Å²) < 4.78 is 4.41. The Morgan fingerprint density at radius 3 is 2.60 bits per heavy atom. The van der Waals surface area contributed by atoms with Crippen molar-refractivity contribution < 1.29 is 19.9 Å². The number of quaternary nitrogens is 1. The highest BCUT2D eigenvalue weighted by atomic mass is 16.9. The number of hydrogen-bond donors (Lipinski definition) is 2. The molecule has 0 bridgehead atoms. The first-order valence-electron chi connectivity index (χ1n) is 2.67.